The van der Waals surface area contributed by atoms with E-state index in [0.717, 1.165) is 6.42 Å². The van der Waals surface area contributed by atoms with E-state index >= 15 is 0 Å². The van der Waals surface area contributed by atoms with Crippen molar-refractivity contribution in [2.24, 2.45) is 0 Å². The molecule has 1 fully saturated rings. The largest absolute Gasteiger partial charge is 0.456 e. The number of ketones is 1. The minimum Gasteiger partial charge on any atom is -0.456 e. The van der Waals surface area contributed by atoms with Gasteiger partial charge in [0.25, 0.3) is 0 Å². The molecule has 0 radical (unpaired) electrons. The number of carbonyl (C=O) groups is 3. The molecule has 3 rings (SSSR count). The molecular formula is C20H20N2O6S. The zero-order chi connectivity index (χ0) is 20.9. The van der Waals surface area contributed by atoms with Crippen molar-refractivity contribution in [2.75, 3.05) is 24.6 Å². The SMILES string of the molecule is O=C(CNS(=O)(=O)c1ccccc1)OCC(=O)c1cccc(N2CCCC2=O)c1. The Kier molecular flexibility index (Phi) is 6.40. The molecule has 9 heteroatoms. The number of amides is 1. The Morgan fingerprint density at radius 3 is 2.52 bits per heavy atom. The lowest BCUT2D eigenvalue weighted by molar-refractivity contribution is -0.141. The molecule has 1 amide bonds. The van der Waals surface area contributed by atoms with Crippen LogP contribution in [0, 0.1) is 0 Å². The van der Waals surface area contributed by atoms with E-state index in [1.54, 1.807) is 47.4 Å². The van der Waals surface area contributed by atoms with E-state index in [1.807, 2.05) is 0 Å². The van der Waals surface area contributed by atoms with Crippen LogP contribution in [-0.2, 0) is 24.3 Å². The monoisotopic (exact) mass is 416 g/mol. The topological polar surface area (TPSA) is 110 Å². The lowest BCUT2D eigenvalue weighted by atomic mass is 10.1. The van der Waals surface area contributed by atoms with Gasteiger partial charge in [-0.3, -0.25) is 14.4 Å². The number of benzene rings is 2. The highest BCUT2D eigenvalue weighted by molar-refractivity contribution is 7.89. The summed E-state index contributed by atoms with van der Waals surface area (Å²) in [7, 11) is -3.84. The van der Waals surface area contributed by atoms with Gasteiger partial charge in [-0.05, 0) is 30.7 Å². The third-order valence-corrected chi connectivity index (χ3v) is 5.79. The first-order valence-electron chi connectivity index (χ1n) is 9.01. The lowest BCUT2D eigenvalue weighted by Crippen LogP contribution is -2.31. The van der Waals surface area contributed by atoms with Crippen LogP contribution >= 0.6 is 0 Å². The second-order valence-corrected chi connectivity index (χ2v) is 8.19. The average molecular weight is 416 g/mol. The van der Waals surface area contributed by atoms with E-state index in [2.05, 4.69) is 4.72 Å². The third-order valence-electron chi connectivity index (χ3n) is 4.38. The number of Topliss-reactive ketones (excluding diaryl/α,β-unsaturated/α-hetero) is 1. The molecule has 2 aromatic carbocycles. The number of esters is 1. The van der Waals surface area contributed by atoms with Crippen molar-refractivity contribution < 1.29 is 27.5 Å². The number of rotatable bonds is 8. The quantitative estimate of drug-likeness (QED) is 0.516. The molecule has 1 N–H and O–H groups in total. The summed E-state index contributed by atoms with van der Waals surface area (Å²) in [5.41, 5.74) is 0.931. The summed E-state index contributed by atoms with van der Waals surface area (Å²) < 4.78 is 31.1. The minimum absolute atomic E-state index is 0.00623. The standard InChI is InChI=1S/C20H20N2O6S/c23-18(15-6-4-7-16(12-15)22-11-5-10-19(22)24)14-28-20(25)13-21-29(26,27)17-8-2-1-3-9-17/h1-4,6-9,12,21H,5,10-11,13-14H2. The second-order valence-electron chi connectivity index (χ2n) is 6.42. The number of sulfonamides is 1. The van der Waals surface area contributed by atoms with Crippen molar-refractivity contribution in [3.05, 3.63) is 60.2 Å². The van der Waals surface area contributed by atoms with Gasteiger partial charge < -0.3 is 9.64 Å². The summed E-state index contributed by atoms with van der Waals surface area (Å²) in [6.07, 6.45) is 1.25. The maximum absolute atomic E-state index is 12.3. The van der Waals surface area contributed by atoms with Crippen LogP contribution in [0.1, 0.15) is 23.2 Å². The first-order valence-corrected chi connectivity index (χ1v) is 10.5. The van der Waals surface area contributed by atoms with Crippen molar-refractivity contribution in [3.63, 3.8) is 0 Å². The number of ether oxygens (including phenoxy) is 1. The first kappa shape index (κ1) is 20.7. The molecule has 0 aliphatic carbocycles. The Labute approximate surface area is 168 Å². The van der Waals surface area contributed by atoms with Crippen molar-refractivity contribution in [1.29, 1.82) is 0 Å². The molecule has 1 saturated heterocycles. The molecule has 1 aliphatic heterocycles. The van der Waals surface area contributed by atoms with Crippen LogP contribution in [0.5, 0.6) is 0 Å². The third kappa shape index (κ3) is 5.27. The van der Waals surface area contributed by atoms with Crippen LogP contribution in [0.25, 0.3) is 0 Å². The van der Waals surface area contributed by atoms with Gasteiger partial charge in [-0.25, -0.2) is 8.42 Å². The first-order chi connectivity index (χ1) is 13.9. The van der Waals surface area contributed by atoms with Gasteiger partial charge in [0, 0.05) is 24.2 Å². The van der Waals surface area contributed by atoms with Gasteiger partial charge >= 0.3 is 5.97 Å². The van der Waals surface area contributed by atoms with Gasteiger partial charge in [0.05, 0.1) is 4.90 Å². The zero-order valence-electron chi connectivity index (χ0n) is 15.5. The Bertz CT molecular complexity index is 1020. The van der Waals surface area contributed by atoms with E-state index in [1.165, 1.54) is 12.1 Å². The fourth-order valence-electron chi connectivity index (χ4n) is 2.89. The summed E-state index contributed by atoms with van der Waals surface area (Å²) in [6, 6.07) is 14.1. The van der Waals surface area contributed by atoms with E-state index in [-0.39, 0.29) is 10.8 Å². The molecule has 1 aliphatic rings. The molecule has 0 bridgehead atoms. The number of anilines is 1. The molecule has 0 spiro atoms. The zero-order valence-corrected chi connectivity index (χ0v) is 16.4. The average Bonchev–Trinajstić information content (AvgIpc) is 3.17. The summed E-state index contributed by atoms with van der Waals surface area (Å²) in [6.45, 7) is -0.511. The van der Waals surface area contributed by atoms with Crippen molar-refractivity contribution in [2.45, 2.75) is 17.7 Å². The smallest absolute Gasteiger partial charge is 0.321 e. The minimum atomic E-state index is -3.84. The van der Waals surface area contributed by atoms with E-state index in [4.69, 9.17) is 4.74 Å². The summed E-state index contributed by atoms with van der Waals surface area (Å²) >= 11 is 0. The number of nitrogens with one attached hydrogen (secondary N) is 1. The van der Waals surface area contributed by atoms with Crippen LogP contribution in [0.4, 0.5) is 5.69 Å². The number of hydrogen-bond donors (Lipinski definition) is 1. The molecule has 29 heavy (non-hydrogen) atoms. The van der Waals surface area contributed by atoms with Gasteiger partial charge in [0.2, 0.25) is 15.9 Å². The lowest BCUT2D eigenvalue weighted by Gasteiger charge is -2.16. The van der Waals surface area contributed by atoms with E-state index < -0.39 is 34.9 Å². The van der Waals surface area contributed by atoms with Crippen molar-refractivity contribution >= 4 is 33.4 Å². The fraction of sp³-hybridized carbons (Fsp3) is 0.250. The molecule has 0 atom stereocenters. The molecule has 152 valence electrons. The predicted molar refractivity (Wildman–Crippen MR) is 105 cm³/mol. The summed E-state index contributed by atoms with van der Waals surface area (Å²) in [5, 5.41) is 0. The van der Waals surface area contributed by atoms with Crippen molar-refractivity contribution in [1.82, 2.24) is 4.72 Å². The normalized spacial score (nSPS) is 14.1. The second kappa shape index (κ2) is 8.97. The Morgan fingerprint density at radius 2 is 1.83 bits per heavy atom. The Balaban J connectivity index is 1.53. The van der Waals surface area contributed by atoms with E-state index in [0.29, 0.717) is 24.2 Å². The van der Waals surface area contributed by atoms with Crippen LogP contribution in [0.3, 0.4) is 0 Å². The van der Waals surface area contributed by atoms with Gasteiger partial charge in [0.1, 0.15) is 6.54 Å². The molecule has 0 saturated carbocycles. The number of carbonyl (C=O) groups excluding carboxylic acids is 3. The van der Waals surface area contributed by atoms with Gasteiger partial charge in [0.15, 0.2) is 12.4 Å². The van der Waals surface area contributed by atoms with Crippen LogP contribution in [0.15, 0.2) is 59.5 Å². The highest BCUT2D eigenvalue weighted by Gasteiger charge is 2.22. The van der Waals surface area contributed by atoms with Gasteiger partial charge in [-0.1, -0.05) is 30.3 Å². The highest BCUT2D eigenvalue weighted by atomic mass is 32.2. The van der Waals surface area contributed by atoms with Crippen molar-refractivity contribution in [3.8, 4) is 0 Å². The maximum Gasteiger partial charge on any atom is 0.321 e. The van der Waals surface area contributed by atoms with Crippen LogP contribution in [-0.4, -0.2) is 45.8 Å². The number of hydrogen-bond acceptors (Lipinski definition) is 6. The van der Waals surface area contributed by atoms with E-state index in [9.17, 15) is 22.8 Å². The number of nitrogens with zero attached hydrogens (tertiary/aromatic N) is 1. The Hall–Kier alpha value is -3.04. The van der Waals surface area contributed by atoms with Crippen LogP contribution < -0.4 is 9.62 Å². The molecule has 1 heterocycles. The Morgan fingerprint density at radius 1 is 1.07 bits per heavy atom. The molecular weight excluding hydrogens is 396 g/mol. The predicted octanol–water partition coefficient (Wildman–Crippen LogP) is 1.52. The fourth-order valence-corrected chi connectivity index (χ4v) is 3.88. The van der Waals surface area contributed by atoms with Gasteiger partial charge in [-0.2, -0.15) is 4.72 Å². The van der Waals surface area contributed by atoms with Gasteiger partial charge in [-0.15, -0.1) is 0 Å². The molecule has 0 unspecified atom stereocenters. The highest BCUT2D eigenvalue weighted by Crippen LogP contribution is 2.22. The van der Waals surface area contributed by atoms with Crippen LogP contribution in [0.2, 0.25) is 0 Å². The maximum atomic E-state index is 12.3. The summed E-state index contributed by atoms with van der Waals surface area (Å²) in [4.78, 5) is 37.6. The molecule has 2 aromatic rings. The molecule has 0 aromatic heterocycles. The molecule has 8 nitrogen and oxygen atoms in total. The summed E-state index contributed by atoms with van der Waals surface area (Å²) in [5.74, 6) is -1.31.